The third kappa shape index (κ3) is 5.36. The number of amidine groups is 1. The number of hydrogen-bond acceptors (Lipinski definition) is 3. The lowest BCUT2D eigenvalue weighted by Gasteiger charge is -2.07. The molecule has 47 heavy (non-hydrogen) atoms. The summed E-state index contributed by atoms with van der Waals surface area (Å²) in [5.74, 6) is 1.33. The Kier molecular flexibility index (Phi) is 7.37. The van der Waals surface area contributed by atoms with Crippen LogP contribution in [0.15, 0.2) is 171 Å². The van der Waals surface area contributed by atoms with Crippen LogP contribution in [-0.4, -0.2) is 12.1 Å². The molecule has 8 aromatic rings. The molecule has 2 heterocycles. The van der Waals surface area contributed by atoms with Gasteiger partial charge in [-0.1, -0.05) is 134 Å². The van der Waals surface area contributed by atoms with Gasteiger partial charge in [0.05, 0.1) is 6.54 Å². The molecule has 0 atom stereocenters. The summed E-state index contributed by atoms with van der Waals surface area (Å²) >= 11 is 0. The third-order valence-electron chi connectivity index (χ3n) is 8.44. The molecule has 4 nitrogen and oxygen atoms in total. The SMILES string of the molecule is C=C/C=C\c1oc2cccc(-c3cccc4c3oc3ccccc34)c2c1C=NC(=NCc1ccccc1)c1ccc2ccccc2c1. The summed E-state index contributed by atoms with van der Waals surface area (Å²) in [5, 5.41) is 5.43. The van der Waals surface area contributed by atoms with E-state index in [9.17, 15) is 0 Å². The fourth-order valence-electron chi connectivity index (χ4n) is 6.19. The van der Waals surface area contributed by atoms with Crippen molar-refractivity contribution in [3.63, 3.8) is 0 Å². The number of aliphatic imine (C=N–C) groups is 2. The van der Waals surface area contributed by atoms with Crippen LogP contribution in [0.2, 0.25) is 0 Å². The van der Waals surface area contributed by atoms with E-state index in [1.165, 1.54) is 5.39 Å². The van der Waals surface area contributed by atoms with Crippen molar-refractivity contribution < 1.29 is 8.83 Å². The topological polar surface area (TPSA) is 51.0 Å². The summed E-state index contributed by atoms with van der Waals surface area (Å²) in [6.07, 6.45) is 7.43. The summed E-state index contributed by atoms with van der Waals surface area (Å²) < 4.78 is 12.9. The van der Waals surface area contributed by atoms with Gasteiger partial charge < -0.3 is 8.83 Å². The van der Waals surface area contributed by atoms with E-state index in [2.05, 4.69) is 91.5 Å². The molecule has 6 aromatic carbocycles. The van der Waals surface area contributed by atoms with Gasteiger partial charge in [0, 0.05) is 39.1 Å². The molecule has 2 aromatic heterocycles. The van der Waals surface area contributed by atoms with E-state index in [0.29, 0.717) is 18.1 Å². The maximum absolute atomic E-state index is 6.46. The Labute approximate surface area is 272 Å². The first-order chi connectivity index (χ1) is 23.3. The number of hydrogen-bond donors (Lipinski definition) is 0. The number of furan rings is 2. The molecule has 0 bridgehead atoms. The molecule has 0 unspecified atom stereocenters. The monoisotopic (exact) mass is 606 g/mol. The zero-order valence-electron chi connectivity index (χ0n) is 25.6. The van der Waals surface area contributed by atoms with Crippen LogP contribution in [0.1, 0.15) is 22.5 Å². The van der Waals surface area contributed by atoms with Gasteiger partial charge in [-0.2, -0.15) is 0 Å². The minimum Gasteiger partial charge on any atom is -0.456 e. The van der Waals surface area contributed by atoms with Gasteiger partial charge in [-0.3, -0.25) is 4.99 Å². The van der Waals surface area contributed by atoms with E-state index in [4.69, 9.17) is 18.8 Å². The van der Waals surface area contributed by atoms with Gasteiger partial charge in [-0.25, -0.2) is 4.99 Å². The predicted octanol–water partition coefficient (Wildman–Crippen LogP) is 11.4. The lowest BCUT2D eigenvalue weighted by Crippen LogP contribution is -2.00. The Bertz CT molecular complexity index is 2510. The normalized spacial score (nSPS) is 12.4. The number of fused-ring (bicyclic) bond motifs is 5. The van der Waals surface area contributed by atoms with Gasteiger partial charge in [0.2, 0.25) is 0 Å². The molecule has 8 rings (SSSR count). The fourth-order valence-corrected chi connectivity index (χ4v) is 6.19. The molecular formula is C43H30N2O2. The predicted molar refractivity (Wildman–Crippen MR) is 196 cm³/mol. The number of nitrogens with zero attached hydrogens (tertiary/aromatic N) is 2. The first kappa shape index (κ1) is 28.2. The molecular weight excluding hydrogens is 576 g/mol. The molecule has 0 amide bonds. The number of rotatable bonds is 7. The zero-order valence-corrected chi connectivity index (χ0v) is 25.6. The summed E-state index contributed by atoms with van der Waals surface area (Å²) in [5.41, 5.74) is 7.37. The third-order valence-corrected chi connectivity index (χ3v) is 8.44. The van der Waals surface area contributed by atoms with Crippen molar-refractivity contribution in [2.75, 3.05) is 0 Å². The maximum atomic E-state index is 6.46. The van der Waals surface area contributed by atoms with Crippen LogP contribution in [0.3, 0.4) is 0 Å². The highest BCUT2D eigenvalue weighted by Gasteiger charge is 2.19. The Morgan fingerprint density at radius 3 is 2.30 bits per heavy atom. The summed E-state index contributed by atoms with van der Waals surface area (Å²) in [6, 6.07) is 45.5. The van der Waals surface area contributed by atoms with E-state index in [1.54, 1.807) is 6.08 Å². The Balaban J connectivity index is 1.32. The first-order valence-electron chi connectivity index (χ1n) is 15.6. The minimum absolute atomic E-state index is 0.509. The standard InChI is InChI=1S/C43H30N2O2/c1-2-3-21-39-37(28-45-43(44-27-29-13-5-4-6-14-29)32-25-24-30-15-7-8-16-31(30)26-32)41-34(18-12-23-40(41)46-39)36-20-11-19-35-33-17-9-10-22-38(33)47-42(35)36/h2-26,28H,1,27H2/b21-3-,44-43?,45-28?. The summed E-state index contributed by atoms with van der Waals surface area (Å²) in [7, 11) is 0. The average molecular weight is 607 g/mol. The van der Waals surface area contributed by atoms with Crippen LogP contribution in [0, 0.1) is 0 Å². The van der Waals surface area contributed by atoms with Crippen molar-refractivity contribution in [3.8, 4) is 11.1 Å². The molecule has 0 aliphatic carbocycles. The van der Waals surface area contributed by atoms with E-state index in [-0.39, 0.29) is 0 Å². The van der Waals surface area contributed by atoms with Crippen molar-refractivity contribution in [2.24, 2.45) is 9.98 Å². The van der Waals surface area contributed by atoms with Crippen molar-refractivity contribution in [2.45, 2.75) is 6.54 Å². The second-order valence-electron chi connectivity index (χ2n) is 11.4. The van der Waals surface area contributed by atoms with E-state index in [1.807, 2.05) is 66.9 Å². The van der Waals surface area contributed by atoms with Crippen LogP contribution < -0.4 is 0 Å². The maximum Gasteiger partial charge on any atom is 0.154 e. The van der Waals surface area contributed by atoms with Crippen molar-refractivity contribution in [3.05, 3.63) is 175 Å². The van der Waals surface area contributed by atoms with Crippen LogP contribution in [0.5, 0.6) is 0 Å². The van der Waals surface area contributed by atoms with Gasteiger partial charge >= 0.3 is 0 Å². The second kappa shape index (κ2) is 12.3. The van der Waals surface area contributed by atoms with Crippen LogP contribution in [-0.2, 0) is 6.54 Å². The van der Waals surface area contributed by atoms with Crippen LogP contribution >= 0.6 is 0 Å². The lowest BCUT2D eigenvalue weighted by atomic mass is 9.97. The van der Waals surface area contributed by atoms with Crippen LogP contribution in [0.4, 0.5) is 0 Å². The molecule has 0 N–H and O–H groups in total. The average Bonchev–Trinajstić information content (AvgIpc) is 3.69. The van der Waals surface area contributed by atoms with Gasteiger partial charge in [-0.05, 0) is 46.2 Å². The summed E-state index contributed by atoms with van der Waals surface area (Å²) in [4.78, 5) is 10.1. The Morgan fingerprint density at radius 1 is 0.660 bits per heavy atom. The van der Waals surface area contributed by atoms with Crippen molar-refractivity contribution >= 4 is 61.8 Å². The first-order valence-corrected chi connectivity index (χ1v) is 15.6. The second-order valence-corrected chi connectivity index (χ2v) is 11.4. The molecule has 0 spiro atoms. The molecule has 0 saturated carbocycles. The zero-order chi connectivity index (χ0) is 31.6. The highest BCUT2D eigenvalue weighted by atomic mass is 16.3. The van der Waals surface area contributed by atoms with Gasteiger partial charge in [0.15, 0.2) is 5.84 Å². The Hall–Kier alpha value is -6.26. The summed E-state index contributed by atoms with van der Waals surface area (Å²) in [6.45, 7) is 4.39. The quantitative estimate of drug-likeness (QED) is 0.103. The van der Waals surface area contributed by atoms with E-state index >= 15 is 0 Å². The molecule has 0 aliphatic heterocycles. The fraction of sp³-hybridized carbons (Fsp3) is 0.0233. The smallest absolute Gasteiger partial charge is 0.154 e. The van der Waals surface area contributed by atoms with Gasteiger partial charge in [-0.15, -0.1) is 0 Å². The molecule has 4 heteroatoms. The lowest BCUT2D eigenvalue weighted by molar-refractivity contribution is 0.603. The van der Waals surface area contributed by atoms with Crippen LogP contribution in [0.25, 0.3) is 60.9 Å². The van der Waals surface area contributed by atoms with Crippen molar-refractivity contribution in [1.82, 2.24) is 0 Å². The van der Waals surface area contributed by atoms with E-state index < -0.39 is 0 Å². The minimum atomic E-state index is 0.509. The molecule has 0 fully saturated rings. The van der Waals surface area contributed by atoms with Crippen molar-refractivity contribution in [1.29, 1.82) is 0 Å². The van der Waals surface area contributed by atoms with Gasteiger partial charge in [0.1, 0.15) is 22.5 Å². The number of allylic oxidation sites excluding steroid dienone is 2. The highest BCUT2D eigenvalue weighted by molar-refractivity contribution is 6.16. The largest absolute Gasteiger partial charge is 0.456 e. The molecule has 0 saturated heterocycles. The van der Waals surface area contributed by atoms with Gasteiger partial charge in [0.25, 0.3) is 0 Å². The molecule has 0 aliphatic rings. The highest BCUT2D eigenvalue weighted by Crippen LogP contribution is 2.40. The number of para-hydroxylation sites is 2. The number of benzene rings is 6. The molecule has 0 radical (unpaired) electrons. The van der Waals surface area contributed by atoms with E-state index in [0.717, 1.165) is 66.1 Å². The Morgan fingerprint density at radius 2 is 1.40 bits per heavy atom. The molecule has 224 valence electrons.